The zero-order valence-electron chi connectivity index (χ0n) is 35.4. The zero-order chi connectivity index (χ0) is 43.4. The average molecular weight is 826 g/mol. The molecular formula is C46H55N3O11. The molecule has 14 nitrogen and oxygen atoms in total. The van der Waals surface area contributed by atoms with Crippen LogP contribution in [0.4, 0.5) is 9.59 Å². The fourth-order valence-electron chi connectivity index (χ4n) is 7.46. The summed E-state index contributed by atoms with van der Waals surface area (Å²) >= 11 is 0. The fraction of sp³-hybridized carbons (Fsp3) is 0.391. The molecule has 1 heterocycles. The highest BCUT2D eigenvalue weighted by Crippen LogP contribution is 2.46. The predicted octanol–water partition coefficient (Wildman–Crippen LogP) is 7.06. The number of amides is 2. The molecule has 2 N–H and O–H groups in total. The smallest absolute Gasteiger partial charge is 0.410 e. The molecule has 0 spiro atoms. The molecule has 1 aliphatic heterocycles. The lowest BCUT2D eigenvalue weighted by Gasteiger charge is -2.41. The number of esters is 2. The highest BCUT2D eigenvalue weighted by Gasteiger charge is 2.51. The van der Waals surface area contributed by atoms with E-state index in [0.29, 0.717) is 28.4 Å². The van der Waals surface area contributed by atoms with Crippen LogP contribution in [0.25, 0.3) is 0 Å². The van der Waals surface area contributed by atoms with Crippen molar-refractivity contribution >= 4 is 24.1 Å². The van der Waals surface area contributed by atoms with E-state index in [9.17, 15) is 19.2 Å². The van der Waals surface area contributed by atoms with Gasteiger partial charge in [0.1, 0.15) is 30.6 Å². The van der Waals surface area contributed by atoms with E-state index in [-0.39, 0.29) is 26.2 Å². The standard InChI is InChI=1S/C46H55N3O11/c1-29-40(54-5)34(25-36(41(29)55-6)58-27-31-20-14-10-15-21-31)39(49(26-30-18-12-9-13-19-30)45(53)59-28-32-22-16-11-17-23-32)38(48-44(52)60-46(2,3)4)37-33(42(50)56-7)24-35(47-37)43(51)57-8/h9-23,25,33,35,37-39,47H,24,26-28H2,1-8H3,(H,48,52)/t33-,35-,37+,38+,39+/m0/s1. The summed E-state index contributed by atoms with van der Waals surface area (Å²) in [5.74, 6) is -1.33. The Kier molecular flexibility index (Phi) is 15.4. The van der Waals surface area contributed by atoms with Crippen LogP contribution < -0.4 is 24.8 Å². The average Bonchev–Trinajstić information content (AvgIpc) is 3.69. The molecule has 0 aliphatic carbocycles. The lowest BCUT2D eigenvalue weighted by Crippen LogP contribution is -2.59. The first-order valence-corrected chi connectivity index (χ1v) is 19.6. The molecule has 4 aromatic rings. The van der Waals surface area contributed by atoms with Crippen molar-refractivity contribution in [2.45, 2.75) is 83.6 Å². The van der Waals surface area contributed by atoms with Crippen molar-refractivity contribution in [3.63, 3.8) is 0 Å². The summed E-state index contributed by atoms with van der Waals surface area (Å²) in [6, 6.07) is 25.2. The minimum absolute atomic E-state index is 0.0371. The van der Waals surface area contributed by atoms with Crippen molar-refractivity contribution < 1.29 is 52.3 Å². The van der Waals surface area contributed by atoms with Gasteiger partial charge in [0.2, 0.25) is 0 Å². The van der Waals surface area contributed by atoms with E-state index in [2.05, 4.69) is 10.6 Å². The Labute approximate surface area is 351 Å². The highest BCUT2D eigenvalue weighted by molar-refractivity contribution is 5.81. The van der Waals surface area contributed by atoms with Gasteiger partial charge in [0, 0.05) is 23.7 Å². The number of nitrogens with zero attached hydrogens (tertiary/aromatic N) is 1. The van der Waals surface area contributed by atoms with Crippen LogP contribution in [0.5, 0.6) is 17.2 Å². The first-order valence-electron chi connectivity index (χ1n) is 19.6. The SMILES string of the molecule is COC(=O)[C@@H]1C[C@H](C(=O)OC)[C@H]([C@@H](NC(=O)OC(C)(C)C)[C@@H](c2cc(OCc3ccccc3)c(OC)c(C)c2OC)N(Cc2ccccc2)C(=O)OCc2ccccc2)N1. The Morgan fingerprint density at radius 2 is 1.32 bits per heavy atom. The number of benzene rings is 4. The Hall–Kier alpha value is -6.28. The number of carbonyl (C=O) groups excluding carboxylic acids is 4. The van der Waals surface area contributed by atoms with Crippen LogP contribution in [0, 0.1) is 12.8 Å². The molecule has 0 unspecified atom stereocenters. The molecule has 5 atom stereocenters. The van der Waals surface area contributed by atoms with Crippen LogP contribution in [-0.2, 0) is 48.3 Å². The quantitative estimate of drug-likeness (QED) is 0.0877. The molecular weight excluding hydrogens is 771 g/mol. The molecule has 0 radical (unpaired) electrons. The number of carbonyl (C=O) groups is 4. The van der Waals surface area contributed by atoms with Gasteiger partial charge in [-0.1, -0.05) is 91.0 Å². The van der Waals surface area contributed by atoms with Crippen LogP contribution in [0.1, 0.15) is 61.1 Å². The van der Waals surface area contributed by atoms with Crippen molar-refractivity contribution in [1.82, 2.24) is 15.5 Å². The number of hydrogen-bond acceptors (Lipinski definition) is 12. The summed E-state index contributed by atoms with van der Waals surface area (Å²) in [5.41, 5.74) is 2.28. The Balaban J connectivity index is 1.81. The van der Waals surface area contributed by atoms with Gasteiger partial charge in [-0.2, -0.15) is 0 Å². The third kappa shape index (κ3) is 11.3. The molecule has 320 valence electrons. The zero-order valence-corrected chi connectivity index (χ0v) is 35.4. The second kappa shape index (κ2) is 20.6. The largest absolute Gasteiger partial charge is 0.496 e. The summed E-state index contributed by atoms with van der Waals surface area (Å²) in [5, 5.41) is 6.27. The van der Waals surface area contributed by atoms with Crippen molar-refractivity contribution in [3.8, 4) is 17.2 Å². The fourth-order valence-corrected chi connectivity index (χ4v) is 7.46. The summed E-state index contributed by atoms with van der Waals surface area (Å²) in [7, 11) is 5.49. The van der Waals surface area contributed by atoms with Crippen LogP contribution in [0.3, 0.4) is 0 Å². The predicted molar refractivity (Wildman–Crippen MR) is 222 cm³/mol. The molecule has 2 amide bonds. The van der Waals surface area contributed by atoms with Crippen LogP contribution >= 0.6 is 0 Å². The lowest BCUT2D eigenvalue weighted by atomic mass is 9.84. The summed E-state index contributed by atoms with van der Waals surface area (Å²) in [4.78, 5) is 57.4. The Bertz CT molecular complexity index is 2060. The van der Waals surface area contributed by atoms with Gasteiger partial charge in [-0.15, -0.1) is 0 Å². The van der Waals surface area contributed by atoms with Gasteiger partial charge in [-0.25, -0.2) is 9.59 Å². The van der Waals surface area contributed by atoms with E-state index >= 15 is 0 Å². The number of methoxy groups -OCH3 is 4. The van der Waals surface area contributed by atoms with Gasteiger partial charge in [-0.3, -0.25) is 19.8 Å². The van der Waals surface area contributed by atoms with Gasteiger partial charge in [0.15, 0.2) is 11.5 Å². The highest BCUT2D eigenvalue weighted by atomic mass is 16.6. The van der Waals surface area contributed by atoms with Gasteiger partial charge >= 0.3 is 24.1 Å². The second-order valence-electron chi connectivity index (χ2n) is 15.3. The summed E-state index contributed by atoms with van der Waals surface area (Å²) < 4.78 is 40.8. The first kappa shape index (κ1) is 44.8. The van der Waals surface area contributed by atoms with Crippen LogP contribution in [0.15, 0.2) is 97.1 Å². The summed E-state index contributed by atoms with van der Waals surface area (Å²) in [6.45, 7) is 6.97. The Morgan fingerprint density at radius 3 is 1.85 bits per heavy atom. The molecule has 14 heteroatoms. The third-order valence-corrected chi connectivity index (χ3v) is 10.1. The van der Waals surface area contributed by atoms with Gasteiger partial charge in [0.25, 0.3) is 0 Å². The normalized spacial score (nSPS) is 17.0. The van der Waals surface area contributed by atoms with Crippen LogP contribution in [-0.4, -0.2) is 81.2 Å². The lowest BCUT2D eigenvalue weighted by molar-refractivity contribution is -0.146. The van der Waals surface area contributed by atoms with E-state index in [1.54, 1.807) is 33.8 Å². The van der Waals surface area contributed by atoms with Crippen molar-refractivity contribution in [1.29, 1.82) is 0 Å². The van der Waals surface area contributed by atoms with E-state index in [1.165, 1.54) is 33.3 Å². The van der Waals surface area contributed by atoms with Crippen LogP contribution in [0.2, 0.25) is 0 Å². The number of rotatable bonds is 16. The minimum atomic E-state index is -1.25. The van der Waals surface area contributed by atoms with Crippen molar-refractivity contribution in [3.05, 3.63) is 125 Å². The number of hydrogen-bond donors (Lipinski definition) is 2. The topological polar surface area (TPSA) is 160 Å². The van der Waals surface area contributed by atoms with Crippen molar-refractivity contribution in [2.75, 3.05) is 28.4 Å². The second-order valence-corrected chi connectivity index (χ2v) is 15.3. The molecule has 0 saturated carbocycles. The third-order valence-electron chi connectivity index (χ3n) is 10.1. The van der Waals surface area contributed by atoms with Gasteiger partial charge in [0.05, 0.1) is 46.4 Å². The molecule has 5 rings (SSSR count). The molecule has 4 aromatic carbocycles. The maximum Gasteiger partial charge on any atom is 0.410 e. The van der Waals surface area contributed by atoms with E-state index in [0.717, 1.165) is 16.7 Å². The molecule has 1 aliphatic rings. The van der Waals surface area contributed by atoms with Gasteiger partial charge < -0.3 is 38.5 Å². The minimum Gasteiger partial charge on any atom is -0.496 e. The Morgan fingerprint density at radius 1 is 0.767 bits per heavy atom. The van der Waals surface area contributed by atoms with E-state index in [4.69, 9.17) is 33.2 Å². The van der Waals surface area contributed by atoms with Gasteiger partial charge in [-0.05, 0) is 56.9 Å². The molecule has 1 saturated heterocycles. The molecule has 0 aromatic heterocycles. The first-order chi connectivity index (χ1) is 28.8. The maximum atomic E-state index is 14.9. The molecule has 1 fully saturated rings. The van der Waals surface area contributed by atoms with E-state index < -0.39 is 59.8 Å². The summed E-state index contributed by atoms with van der Waals surface area (Å²) in [6.07, 6.45) is -1.65. The molecule has 60 heavy (non-hydrogen) atoms. The number of alkyl carbamates (subject to hydrolysis) is 1. The number of nitrogens with one attached hydrogen (secondary N) is 2. The van der Waals surface area contributed by atoms with E-state index in [1.807, 2.05) is 91.0 Å². The van der Waals surface area contributed by atoms with Crippen molar-refractivity contribution in [2.24, 2.45) is 5.92 Å². The number of ether oxygens (including phenoxy) is 7. The maximum absolute atomic E-state index is 14.9. The molecule has 0 bridgehead atoms. The monoisotopic (exact) mass is 825 g/mol.